The molecule has 1 saturated carbocycles. The highest BCUT2D eigenvalue weighted by molar-refractivity contribution is 9.09. The largest absolute Gasteiger partial charge is 0.396 e. The van der Waals surface area contributed by atoms with Crippen molar-refractivity contribution in [1.82, 2.24) is 0 Å². The van der Waals surface area contributed by atoms with Crippen LogP contribution in [0.3, 0.4) is 0 Å². The molecule has 2 rings (SSSR count). The van der Waals surface area contributed by atoms with Gasteiger partial charge in [0.05, 0.1) is 19.3 Å². The van der Waals surface area contributed by atoms with Crippen molar-refractivity contribution in [2.45, 2.75) is 63.9 Å². The van der Waals surface area contributed by atoms with Crippen LogP contribution in [-0.2, 0) is 4.74 Å². The Kier molecular flexibility index (Phi) is 18.2. The van der Waals surface area contributed by atoms with Gasteiger partial charge < -0.3 is 9.84 Å². The summed E-state index contributed by atoms with van der Waals surface area (Å²) in [4.78, 5) is 0. The maximum Gasteiger partial charge on any atom is 0.0575 e. The van der Waals surface area contributed by atoms with Crippen LogP contribution in [0, 0.1) is 0 Å². The van der Waals surface area contributed by atoms with E-state index < -0.39 is 0 Å². The van der Waals surface area contributed by atoms with Gasteiger partial charge in [0.25, 0.3) is 0 Å². The van der Waals surface area contributed by atoms with E-state index in [0.717, 1.165) is 11.9 Å². The van der Waals surface area contributed by atoms with E-state index in [1.54, 1.807) is 0 Å². The van der Waals surface area contributed by atoms with Crippen LogP contribution in [0.2, 0.25) is 0 Å². The normalized spacial score (nSPS) is 18.6. The van der Waals surface area contributed by atoms with Crippen molar-refractivity contribution in [2.75, 3.05) is 23.9 Å². The molecule has 0 heterocycles. The fraction of sp³-hybridized carbons (Fsp3) is 0.875. The van der Waals surface area contributed by atoms with Gasteiger partial charge in [0.2, 0.25) is 0 Å². The highest BCUT2D eigenvalue weighted by Crippen LogP contribution is 2.19. The molecule has 0 aromatic heterocycles. The van der Waals surface area contributed by atoms with Crippen molar-refractivity contribution in [3.8, 4) is 0 Å². The first kappa shape index (κ1) is 20.6. The fourth-order valence-corrected chi connectivity index (χ4v) is 2.39. The van der Waals surface area contributed by atoms with Crippen LogP contribution in [0.25, 0.3) is 0 Å². The van der Waals surface area contributed by atoms with Crippen molar-refractivity contribution in [2.24, 2.45) is 0 Å². The van der Waals surface area contributed by atoms with E-state index in [2.05, 4.69) is 44.0 Å². The Balaban J connectivity index is 0.000000307. The Labute approximate surface area is 141 Å². The summed E-state index contributed by atoms with van der Waals surface area (Å²) >= 11 is 6.35. The summed E-state index contributed by atoms with van der Waals surface area (Å²) in [6, 6.07) is 0. The molecule has 0 amide bonds. The number of rotatable bonds is 4. The SMILES string of the molecule is BrCCOC1CCCCC1.C1=CCCCC1.OCCBr. The molecule has 120 valence electrons. The molecule has 1 fully saturated rings. The average molecular weight is 414 g/mol. The third-order valence-electron chi connectivity index (χ3n) is 3.23. The Bertz CT molecular complexity index is 195. The van der Waals surface area contributed by atoms with Gasteiger partial charge in [0.1, 0.15) is 0 Å². The quantitative estimate of drug-likeness (QED) is 0.505. The minimum Gasteiger partial charge on any atom is -0.396 e. The Morgan fingerprint density at radius 3 is 1.80 bits per heavy atom. The lowest BCUT2D eigenvalue weighted by Gasteiger charge is -2.21. The van der Waals surface area contributed by atoms with E-state index in [4.69, 9.17) is 9.84 Å². The highest BCUT2D eigenvalue weighted by atomic mass is 79.9. The van der Waals surface area contributed by atoms with Gasteiger partial charge in [-0.05, 0) is 38.5 Å². The van der Waals surface area contributed by atoms with Crippen LogP contribution in [0.4, 0.5) is 0 Å². The van der Waals surface area contributed by atoms with Crippen LogP contribution >= 0.6 is 31.9 Å². The molecule has 0 unspecified atom stereocenters. The summed E-state index contributed by atoms with van der Waals surface area (Å²) < 4.78 is 5.59. The number of halogens is 2. The van der Waals surface area contributed by atoms with Crippen LogP contribution in [0.5, 0.6) is 0 Å². The number of aliphatic hydroxyl groups is 1. The van der Waals surface area contributed by atoms with Gasteiger partial charge in [0.15, 0.2) is 0 Å². The zero-order valence-corrected chi connectivity index (χ0v) is 15.7. The molecular weight excluding hydrogens is 384 g/mol. The molecule has 0 aliphatic heterocycles. The Hall–Kier alpha value is 0.620. The van der Waals surface area contributed by atoms with E-state index in [-0.39, 0.29) is 6.61 Å². The van der Waals surface area contributed by atoms with E-state index >= 15 is 0 Å². The summed E-state index contributed by atoms with van der Waals surface area (Å²) in [5.74, 6) is 0. The monoisotopic (exact) mass is 412 g/mol. The standard InChI is InChI=1S/C8H15BrO.C6H10.C2H5BrO/c9-6-7-10-8-4-2-1-3-5-8;1-2-4-6-5-3-1;3-1-2-4/h8H,1-7H2;1-2H,3-6H2;4H,1-2H2. The summed E-state index contributed by atoms with van der Waals surface area (Å²) in [7, 11) is 0. The Morgan fingerprint density at radius 1 is 0.900 bits per heavy atom. The van der Waals surface area contributed by atoms with Gasteiger partial charge in [-0.2, -0.15) is 0 Å². The molecule has 0 spiro atoms. The molecule has 0 aromatic carbocycles. The molecule has 20 heavy (non-hydrogen) atoms. The maximum atomic E-state index is 7.83. The van der Waals surface area contributed by atoms with Gasteiger partial charge in [-0.1, -0.05) is 63.3 Å². The number of aliphatic hydroxyl groups excluding tert-OH is 1. The second-order valence-corrected chi connectivity index (χ2v) is 6.57. The predicted molar refractivity (Wildman–Crippen MR) is 95.1 cm³/mol. The number of hydrogen-bond donors (Lipinski definition) is 1. The second kappa shape index (κ2) is 17.7. The molecule has 4 heteroatoms. The lowest BCUT2D eigenvalue weighted by molar-refractivity contribution is 0.0389. The van der Waals surface area contributed by atoms with Gasteiger partial charge in [0, 0.05) is 10.7 Å². The predicted octanol–water partition coefficient (Wildman–Crippen LogP) is 5.22. The van der Waals surface area contributed by atoms with Crippen LogP contribution in [-0.4, -0.2) is 35.1 Å². The molecule has 1 N–H and O–H groups in total. The molecule has 2 aliphatic rings. The van der Waals surface area contributed by atoms with Crippen molar-refractivity contribution < 1.29 is 9.84 Å². The molecule has 0 radical (unpaired) electrons. The molecule has 2 aliphatic carbocycles. The molecular formula is C16H30Br2O2. The summed E-state index contributed by atoms with van der Waals surface area (Å²) in [5.41, 5.74) is 0. The van der Waals surface area contributed by atoms with Crippen LogP contribution < -0.4 is 0 Å². The van der Waals surface area contributed by atoms with E-state index in [1.807, 2.05) is 0 Å². The smallest absolute Gasteiger partial charge is 0.0575 e. The second-order valence-electron chi connectivity index (χ2n) is 4.99. The van der Waals surface area contributed by atoms with Crippen molar-refractivity contribution in [1.29, 1.82) is 0 Å². The van der Waals surface area contributed by atoms with Crippen molar-refractivity contribution >= 4 is 31.9 Å². The van der Waals surface area contributed by atoms with Gasteiger partial charge in [-0.15, -0.1) is 0 Å². The first-order valence-electron chi connectivity index (χ1n) is 7.84. The van der Waals surface area contributed by atoms with E-state index in [0.29, 0.717) is 11.4 Å². The number of alkyl halides is 2. The molecule has 0 saturated heterocycles. The third kappa shape index (κ3) is 15.0. The number of hydrogen-bond acceptors (Lipinski definition) is 2. The number of ether oxygens (including phenoxy) is 1. The third-order valence-corrected chi connectivity index (χ3v) is 3.90. The van der Waals surface area contributed by atoms with E-state index in [9.17, 15) is 0 Å². The number of allylic oxidation sites excluding steroid dienone is 2. The van der Waals surface area contributed by atoms with Crippen molar-refractivity contribution in [3.63, 3.8) is 0 Å². The molecule has 0 atom stereocenters. The molecule has 0 bridgehead atoms. The lowest BCUT2D eigenvalue weighted by atomic mass is 9.98. The Morgan fingerprint density at radius 2 is 1.45 bits per heavy atom. The molecule has 0 aromatic rings. The lowest BCUT2D eigenvalue weighted by Crippen LogP contribution is -2.17. The van der Waals surface area contributed by atoms with Crippen LogP contribution in [0.15, 0.2) is 12.2 Å². The first-order chi connectivity index (χ1) is 9.85. The van der Waals surface area contributed by atoms with Crippen LogP contribution in [0.1, 0.15) is 57.8 Å². The maximum absolute atomic E-state index is 7.83. The summed E-state index contributed by atoms with van der Waals surface area (Å²) in [6.07, 6.45) is 17.3. The summed E-state index contributed by atoms with van der Waals surface area (Å²) in [6.45, 7) is 1.12. The minimum atomic E-state index is 0.236. The van der Waals surface area contributed by atoms with E-state index in [1.165, 1.54) is 57.8 Å². The van der Waals surface area contributed by atoms with Crippen molar-refractivity contribution in [3.05, 3.63) is 12.2 Å². The minimum absolute atomic E-state index is 0.236. The fourth-order valence-electron chi connectivity index (χ4n) is 2.20. The molecule has 2 nitrogen and oxygen atoms in total. The van der Waals surface area contributed by atoms with Gasteiger partial charge >= 0.3 is 0 Å². The van der Waals surface area contributed by atoms with Gasteiger partial charge in [-0.3, -0.25) is 0 Å². The topological polar surface area (TPSA) is 29.5 Å². The zero-order chi connectivity index (χ0) is 14.9. The van der Waals surface area contributed by atoms with Gasteiger partial charge in [-0.25, -0.2) is 0 Å². The average Bonchev–Trinajstić information content (AvgIpc) is 2.56. The highest BCUT2D eigenvalue weighted by Gasteiger charge is 2.12. The first-order valence-corrected chi connectivity index (χ1v) is 10.1. The summed E-state index contributed by atoms with van der Waals surface area (Å²) in [5, 5.41) is 9.49. The zero-order valence-electron chi connectivity index (χ0n) is 12.5.